The highest BCUT2D eigenvalue weighted by Gasteiger charge is 2.20. The Labute approximate surface area is 109 Å². The number of nitrogens with one attached hydrogen (secondary N) is 1. The van der Waals surface area contributed by atoms with Gasteiger partial charge in [-0.05, 0) is 24.4 Å². The van der Waals surface area contributed by atoms with Crippen molar-refractivity contribution in [3.8, 4) is 0 Å². The summed E-state index contributed by atoms with van der Waals surface area (Å²) < 4.78 is 3.78. The van der Waals surface area contributed by atoms with E-state index in [1.54, 1.807) is 0 Å². The molecule has 4 N–H and O–H groups in total. The van der Waals surface area contributed by atoms with E-state index in [2.05, 4.69) is 20.1 Å². The summed E-state index contributed by atoms with van der Waals surface area (Å²) in [6.07, 6.45) is 2.14. The molecule has 0 spiro atoms. The van der Waals surface area contributed by atoms with Crippen molar-refractivity contribution in [2.75, 3.05) is 0 Å². The van der Waals surface area contributed by atoms with E-state index in [4.69, 9.17) is 10.9 Å². The average molecular weight is 271 g/mol. The van der Waals surface area contributed by atoms with Gasteiger partial charge < -0.3 is 16.3 Å². The first kappa shape index (κ1) is 14.4. The molecular formula is C10H17N5O2S. The highest BCUT2D eigenvalue weighted by atomic mass is 32.1. The molecule has 0 aliphatic carbocycles. The zero-order valence-electron chi connectivity index (χ0n) is 10.4. The van der Waals surface area contributed by atoms with E-state index in [9.17, 15) is 4.79 Å². The molecule has 1 atom stereocenters. The Morgan fingerprint density at radius 3 is 2.89 bits per heavy atom. The maximum absolute atomic E-state index is 12.0. The largest absolute Gasteiger partial charge is 0.409 e. The molecule has 7 nitrogen and oxygen atoms in total. The van der Waals surface area contributed by atoms with Gasteiger partial charge in [-0.25, -0.2) is 0 Å². The Bertz CT molecular complexity index is 432. The summed E-state index contributed by atoms with van der Waals surface area (Å²) in [7, 11) is 0. The monoisotopic (exact) mass is 271 g/mol. The number of aryl methyl sites for hydroxylation is 1. The summed E-state index contributed by atoms with van der Waals surface area (Å²) in [6.45, 7) is 3.84. The van der Waals surface area contributed by atoms with Gasteiger partial charge in [-0.15, -0.1) is 5.10 Å². The first-order valence-electron chi connectivity index (χ1n) is 5.73. The SMILES string of the molecule is CCCc1nnsc1C(=O)NC(CC)C(N)=NO. The fourth-order valence-electron chi connectivity index (χ4n) is 1.46. The second kappa shape index (κ2) is 6.90. The van der Waals surface area contributed by atoms with Crippen LogP contribution < -0.4 is 11.1 Å². The van der Waals surface area contributed by atoms with Crippen LogP contribution in [0.4, 0.5) is 0 Å². The summed E-state index contributed by atoms with van der Waals surface area (Å²) in [6, 6.07) is -0.487. The molecule has 8 heteroatoms. The second-order valence-corrected chi connectivity index (χ2v) is 4.51. The van der Waals surface area contributed by atoms with Gasteiger partial charge in [-0.2, -0.15) is 0 Å². The van der Waals surface area contributed by atoms with Crippen molar-refractivity contribution in [2.24, 2.45) is 10.9 Å². The van der Waals surface area contributed by atoms with E-state index in [0.717, 1.165) is 18.0 Å². The molecule has 1 heterocycles. The molecule has 0 aliphatic rings. The number of amidine groups is 1. The van der Waals surface area contributed by atoms with E-state index < -0.39 is 6.04 Å². The van der Waals surface area contributed by atoms with Gasteiger partial charge in [0.15, 0.2) is 5.84 Å². The molecule has 18 heavy (non-hydrogen) atoms. The van der Waals surface area contributed by atoms with Crippen LogP contribution in [-0.4, -0.2) is 32.6 Å². The van der Waals surface area contributed by atoms with E-state index in [-0.39, 0.29) is 11.7 Å². The number of hydrogen-bond donors (Lipinski definition) is 3. The summed E-state index contributed by atoms with van der Waals surface area (Å²) in [5.41, 5.74) is 6.17. The zero-order chi connectivity index (χ0) is 13.5. The molecule has 100 valence electrons. The predicted octanol–water partition coefficient (Wildman–Crippen LogP) is 0.745. The summed E-state index contributed by atoms with van der Waals surface area (Å²) in [5, 5.41) is 18.1. The molecule has 0 aromatic carbocycles. The lowest BCUT2D eigenvalue weighted by Crippen LogP contribution is -2.44. The van der Waals surface area contributed by atoms with Crippen molar-refractivity contribution in [2.45, 2.75) is 39.2 Å². The summed E-state index contributed by atoms with van der Waals surface area (Å²) in [5.74, 6) is -0.299. The van der Waals surface area contributed by atoms with Crippen LogP contribution in [0.2, 0.25) is 0 Å². The van der Waals surface area contributed by atoms with Crippen LogP contribution in [-0.2, 0) is 6.42 Å². The van der Waals surface area contributed by atoms with Crippen LogP contribution in [0.15, 0.2) is 5.16 Å². The summed E-state index contributed by atoms with van der Waals surface area (Å²) >= 11 is 1.05. The number of amides is 1. The molecule has 1 aromatic heterocycles. The Kier molecular flexibility index (Phi) is 5.50. The number of oxime groups is 1. The van der Waals surface area contributed by atoms with Gasteiger partial charge in [0.2, 0.25) is 0 Å². The molecule has 1 rings (SSSR count). The number of rotatable bonds is 6. The van der Waals surface area contributed by atoms with Crippen molar-refractivity contribution in [3.05, 3.63) is 10.6 Å². The minimum atomic E-state index is -0.487. The molecule has 1 aromatic rings. The molecule has 1 unspecified atom stereocenters. The van der Waals surface area contributed by atoms with Crippen molar-refractivity contribution in [3.63, 3.8) is 0 Å². The maximum Gasteiger partial charge on any atom is 0.265 e. The zero-order valence-corrected chi connectivity index (χ0v) is 11.2. The fraction of sp³-hybridized carbons (Fsp3) is 0.600. The number of carbonyl (C=O) groups excluding carboxylic acids is 1. The number of hydrogen-bond acceptors (Lipinski definition) is 6. The van der Waals surface area contributed by atoms with E-state index >= 15 is 0 Å². The third-order valence-corrected chi connectivity index (χ3v) is 3.20. The molecule has 0 saturated heterocycles. The lowest BCUT2D eigenvalue weighted by Gasteiger charge is -2.14. The fourth-order valence-corrected chi connectivity index (χ4v) is 2.07. The average Bonchev–Trinajstić information content (AvgIpc) is 2.83. The molecule has 0 aliphatic heterocycles. The molecular weight excluding hydrogens is 254 g/mol. The molecule has 0 radical (unpaired) electrons. The lowest BCUT2D eigenvalue weighted by molar-refractivity contribution is 0.0948. The smallest absolute Gasteiger partial charge is 0.265 e. The van der Waals surface area contributed by atoms with Crippen LogP contribution in [0.3, 0.4) is 0 Å². The molecule has 1 amide bonds. The van der Waals surface area contributed by atoms with Crippen LogP contribution in [0, 0.1) is 0 Å². The highest BCUT2D eigenvalue weighted by Crippen LogP contribution is 2.12. The number of aromatic nitrogens is 2. The minimum Gasteiger partial charge on any atom is -0.409 e. The number of nitrogens with zero attached hydrogens (tertiary/aromatic N) is 3. The standard InChI is InChI=1S/C10H17N5O2S/c1-3-5-7-8(18-15-13-7)10(16)12-6(4-2)9(11)14-17/h6,17H,3-5H2,1-2H3,(H2,11,14)(H,12,16). The molecule has 0 saturated carbocycles. The molecule has 0 bridgehead atoms. The highest BCUT2D eigenvalue weighted by molar-refractivity contribution is 7.08. The number of nitrogens with two attached hydrogens (primary N) is 1. The summed E-state index contributed by atoms with van der Waals surface area (Å²) in [4.78, 5) is 12.5. The van der Waals surface area contributed by atoms with Crippen molar-refractivity contribution < 1.29 is 10.0 Å². The lowest BCUT2D eigenvalue weighted by atomic mass is 10.2. The van der Waals surface area contributed by atoms with Gasteiger partial charge in [0.25, 0.3) is 5.91 Å². The van der Waals surface area contributed by atoms with Gasteiger partial charge in [0, 0.05) is 0 Å². The maximum atomic E-state index is 12.0. The van der Waals surface area contributed by atoms with Crippen molar-refractivity contribution in [1.29, 1.82) is 0 Å². The predicted molar refractivity (Wildman–Crippen MR) is 68.9 cm³/mol. The van der Waals surface area contributed by atoms with Crippen LogP contribution in [0.1, 0.15) is 42.1 Å². The van der Waals surface area contributed by atoms with Gasteiger partial charge >= 0.3 is 0 Å². The Balaban J connectivity index is 2.78. The van der Waals surface area contributed by atoms with Crippen molar-refractivity contribution in [1.82, 2.24) is 14.9 Å². The van der Waals surface area contributed by atoms with Gasteiger partial charge in [-0.1, -0.05) is 29.9 Å². The quantitative estimate of drug-likeness (QED) is 0.306. The van der Waals surface area contributed by atoms with Crippen LogP contribution in [0.5, 0.6) is 0 Å². The van der Waals surface area contributed by atoms with Gasteiger partial charge in [0.05, 0.1) is 11.7 Å². The Morgan fingerprint density at radius 1 is 1.61 bits per heavy atom. The molecule has 0 fully saturated rings. The van der Waals surface area contributed by atoms with Gasteiger partial charge in [-0.3, -0.25) is 4.79 Å². The topological polar surface area (TPSA) is 113 Å². The minimum absolute atomic E-state index is 0.0135. The third-order valence-electron chi connectivity index (χ3n) is 2.43. The second-order valence-electron chi connectivity index (χ2n) is 3.76. The van der Waals surface area contributed by atoms with E-state index in [1.165, 1.54) is 0 Å². The van der Waals surface area contributed by atoms with Crippen molar-refractivity contribution >= 4 is 23.3 Å². The Hall–Kier alpha value is -1.70. The first-order valence-corrected chi connectivity index (χ1v) is 6.50. The third kappa shape index (κ3) is 3.39. The van der Waals surface area contributed by atoms with Crippen LogP contribution in [0.25, 0.3) is 0 Å². The Morgan fingerprint density at radius 2 is 2.33 bits per heavy atom. The first-order chi connectivity index (χ1) is 8.63. The van der Waals surface area contributed by atoms with E-state index in [1.807, 2.05) is 13.8 Å². The van der Waals surface area contributed by atoms with Gasteiger partial charge in [0.1, 0.15) is 4.88 Å². The normalized spacial score (nSPS) is 13.3. The van der Waals surface area contributed by atoms with E-state index in [0.29, 0.717) is 23.4 Å². The number of carbonyl (C=O) groups is 1. The van der Waals surface area contributed by atoms with Crippen LogP contribution >= 0.6 is 11.5 Å².